The summed E-state index contributed by atoms with van der Waals surface area (Å²) in [5.41, 5.74) is 0. The molecule has 4 nitrogen and oxygen atoms in total. The van der Waals surface area contributed by atoms with Crippen LogP contribution in [0, 0.1) is 0 Å². The van der Waals surface area contributed by atoms with Crippen molar-refractivity contribution >= 4 is 33.4 Å². The van der Waals surface area contributed by atoms with Gasteiger partial charge in [-0.15, -0.1) is 11.8 Å². The average molecular weight is 412 g/mol. The first-order chi connectivity index (χ1) is 12.5. The van der Waals surface area contributed by atoms with E-state index in [4.69, 9.17) is 16.3 Å². The maximum Gasteiger partial charge on any atom is 0.240 e. The lowest BCUT2D eigenvalue weighted by Gasteiger charge is -2.32. The number of ether oxygens (including phenoxy) is 1. The van der Waals surface area contributed by atoms with Crippen LogP contribution >= 0.6 is 23.4 Å². The molecule has 0 spiro atoms. The first kappa shape index (κ1) is 19.5. The van der Waals surface area contributed by atoms with Gasteiger partial charge in [-0.3, -0.25) is 0 Å². The van der Waals surface area contributed by atoms with E-state index < -0.39 is 10.0 Å². The quantitative estimate of drug-likeness (QED) is 0.698. The molecule has 0 heterocycles. The molecule has 140 valence electrons. The molecular formula is C19H22ClNO3S2. The molecular weight excluding hydrogens is 390 g/mol. The van der Waals surface area contributed by atoms with Gasteiger partial charge in [0.2, 0.25) is 10.0 Å². The number of hydrogen-bond acceptors (Lipinski definition) is 4. The van der Waals surface area contributed by atoms with Gasteiger partial charge in [0, 0.05) is 9.92 Å². The van der Waals surface area contributed by atoms with Crippen molar-refractivity contribution in [3.63, 3.8) is 0 Å². The Bertz CT molecular complexity index is 823. The molecule has 0 bridgehead atoms. The van der Waals surface area contributed by atoms with Gasteiger partial charge in [0.25, 0.3) is 0 Å². The van der Waals surface area contributed by atoms with Gasteiger partial charge >= 0.3 is 0 Å². The molecule has 0 saturated heterocycles. The van der Waals surface area contributed by atoms with Crippen molar-refractivity contribution in [2.24, 2.45) is 0 Å². The summed E-state index contributed by atoms with van der Waals surface area (Å²) in [6.07, 6.45) is 5.47. The second-order valence-corrected chi connectivity index (χ2v) is 9.33. The molecule has 1 aliphatic rings. The van der Waals surface area contributed by atoms with E-state index in [9.17, 15) is 8.42 Å². The fourth-order valence-electron chi connectivity index (χ4n) is 3.08. The van der Waals surface area contributed by atoms with Crippen LogP contribution in [0.2, 0.25) is 5.02 Å². The first-order valence-corrected chi connectivity index (χ1v) is 11.6. The number of sulfonamides is 1. The SMILES string of the molecule is CSc1ccc(O[C@H]2CCCC[C@@H]2NS(=O)(=O)c2ccc(Cl)cc2)cc1. The van der Waals surface area contributed by atoms with Gasteiger partial charge in [0.1, 0.15) is 11.9 Å². The molecule has 1 N–H and O–H groups in total. The minimum Gasteiger partial charge on any atom is -0.489 e. The molecule has 7 heteroatoms. The van der Waals surface area contributed by atoms with Crippen molar-refractivity contribution in [3.05, 3.63) is 53.6 Å². The Labute approximate surface area is 164 Å². The maximum atomic E-state index is 12.7. The summed E-state index contributed by atoms with van der Waals surface area (Å²) >= 11 is 7.53. The normalized spacial score (nSPS) is 20.7. The van der Waals surface area contributed by atoms with Crippen LogP contribution in [0.5, 0.6) is 5.75 Å². The van der Waals surface area contributed by atoms with Crippen LogP contribution in [0.3, 0.4) is 0 Å². The molecule has 3 rings (SSSR count). The zero-order valence-electron chi connectivity index (χ0n) is 14.5. The number of hydrogen-bond donors (Lipinski definition) is 1. The molecule has 1 aliphatic carbocycles. The summed E-state index contributed by atoms with van der Waals surface area (Å²) in [6.45, 7) is 0. The van der Waals surface area contributed by atoms with Crippen LogP contribution in [0.25, 0.3) is 0 Å². The Hall–Kier alpha value is -1.21. The molecule has 0 aromatic heterocycles. The molecule has 2 aromatic rings. The summed E-state index contributed by atoms with van der Waals surface area (Å²) in [7, 11) is -3.60. The van der Waals surface area contributed by atoms with Crippen LogP contribution in [0.1, 0.15) is 25.7 Å². The maximum absolute atomic E-state index is 12.7. The Morgan fingerprint density at radius 1 is 1.04 bits per heavy atom. The number of nitrogens with one attached hydrogen (secondary N) is 1. The third-order valence-corrected chi connectivity index (χ3v) is 6.98. The van der Waals surface area contributed by atoms with Gasteiger partial charge in [0.05, 0.1) is 10.9 Å². The Morgan fingerprint density at radius 3 is 2.35 bits per heavy atom. The van der Waals surface area contributed by atoms with Crippen molar-refractivity contribution in [2.75, 3.05) is 6.26 Å². The van der Waals surface area contributed by atoms with Crippen molar-refractivity contribution in [1.29, 1.82) is 0 Å². The lowest BCUT2D eigenvalue weighted by atomic mass is 9.93. The van der Waals surface area contributed by atoms with E-state index in [1.165, 1.54) is 17.0 Å². The Balaban J connectivity index is 1.72. The van der Waals surface area contributed by atoms with Crippen molar-refractivity contribution < 1.29 is 13.2 Å². The minimum atomic E-state index is -3.60. The molecule has 1 saturated carbocycles. The predicted molar refractivity (Wildman–Crippen MR) is 107 cm³/mol. The minimum absolute atomic E-state index is 0.175. The lowest BCUT2D eigenvalue weighted by Crippen LogP contribution is -2.47. The van der Waals surface area contributed by atoms with Crippen LogP contribution in [0.15, 0.2) is 58.3 Å². The monoisotopic (exact) mass is 411 g/mol. The van der Waals surface area contributed by atoms with E-state index in [-0.39, 0.29) is 17.0 Å². The first-order valence-electron chi connectivity index (χ1n) is 8.56. The van der Waals surface area contributed by atoms with Gasteiger partial charge in [-0.25, -0.2) is 13.1 Å². The van der Waals surface area contributed by atoms with Crippen LogP contribution in [-0.2, 0) is 10.0 Å². The Morgan fingerprint density at radius 2 is 1.69 bits per heavy atom. The number of rotatable bonds is 6. The highest BCUT2D eigenvalue weighted by Gasteiger charge is 2.31. The second-order valence-electron chi connectivity index (χ2n) is 6.30. The van der Waals surface area contributed by atoms with Crippen molar-refractivity contribution in [1.82, 2.24) is 4.72 Å². The average Bonchev–Trinajstić information content (AvgIpc) is 2.64. The third-order valence-electron chi connectivity index (χ3n) is 4.48. The summed E-state index contributed by atoms with van der Waals surface area (Å²) in [5.74, 6) is 0.769. The second kappa shape index (κ2) is 8.65. The molecule has 0 unspecified atom stereocenters. The largest absolute Gasteiger partial charge is 0.489 e. The third kappa shape index (κ3) is 4.94. The Kier molecular flexibility index (Phi) is 6.51. The van der Waals surface area contributed by atoms with Crippen LogP contribution < -0.4 is 9.46 Å². The predicted octanol–water partition coefficient (Wildman–Crippen LogP) is 4.73. The smallest absolute Gasteiger partial charge is 0.240 e. The summed E-state index contributed by atoms with van der Waals surface area (Å²) < 4.78 is 34.3. The van der Waals surface area contributed by atoms with E-state index in [2.05, 4.69) is 4.72 Å². The fourth-order valence-corrected chi connectivity index (χ4v) is 4.92. The van der Waals surface area contributed by atoms with E-state index >= 15 is 0 Å². The van der Waals surface area contributed by atoms with E-state index in [0.29, 0.717) is 5.02 Å². The summed E-state index contributed by atoms with van der Waals surface area (Å²) in [6, 6.07) is 13.8. The van der Waals surface area contributed by atoms with Crippen LogP contribution in [0.4, 0.5) is 0 Å². The van der Waals surface area contributed by atoms with E-state index in [1.807, 2.05) is 30.5 Å². The summed E-state index contributed by atoms with van der Waals surface area (Å²) in [5, 5.41) is 0.511. The number of thioether (sulfide) groups is 1. The van der Waals surface area contributed by atoms with Gasteiger partial charge in [-0.1, -0.05) is 18.0 Å². The molecule has 2 aromatic carbocycles. The highest BCUT2D eigenvalue weighted by Crippen LogP contribution is 2.27. The van der Waals surface area contributed by atoms with Gasteiger partial charge < -0.3 is 4.74 Å². The van der Waals surface area contributed by atoms with E-state index in [1.54, 1.807) is 23.9 Å². The number of benzene rings is 2. The molecule has 0 aliphatic heterocycles. The van der Waals surface area contributed by atoms with Gasteiger partial charge in [-0.05, 0) is 74.0 Å². The molecule has 0 amide bonds. The number of halogens is 1. The lowest BCUT2D eigenvalue weighted by molar-refractivity contribution is 0.125. The fraction of sp³-hybridized carbons (Fsp3) is 0.368. The van der Waals surface area contributed by atoms with Crippen molar-refractivity contribution in [3.8, 4) is 5.75 Å². The van der Waals surface area contributed by atoms with Gasteiger partial charge in [0.15, 0.2) is 0 Å². The van der Waals surface area contributed by atoms with Crippen LogP contribution in [-0.4, -0.2) is 26.8 Å². The zero-order valence-corrected chi connectivity index (χ0v) is 16.9. The van der Waals surface area contributed by atoms with Gasteiger partial charge in [-0.2, -0.15) is 0 Å². The van der Waals surface area contributed by atoms with E-state index in [0.717, 1.165) is 31.4 Å². The summed E-state index contributed by atoms with van der Waals surface area (Å²) in [4.78, 5) is 1.39. The topological polar surface area (TPSA) is 55.4 Å². The standard InChI is InChI=1S/C19H22ClNO3S2/c1-25-16-10-8-15(9-11-16)24-19-5-3-2-4-18(19)21-26(22,23)17-12-6-14(20)7-13-17/h6-13,18-19,21H,2-5H2,1H3/t18-,19-/m0/s1. The highest BCUT2D eigenvalue weighted by atomic mass is 35.5. The molecule has 1 fully saturated rings. The zero-order chi connectivity index (χ0) is 18.6. The molecule has 26 heavy (non-hydrogen) atoms. The van der Waals surface area contributed by atoms with Crippen molar-refractivity contribution in [2.45, 2.75) is 47.6 Å². The molecule has 2 atom stereocenters. The molecule has 0 radical (unpaired) electrons. The highest BCUT2D eigenvalue weighted by molar-refractivity contribution is 7.98.